The first-order valence-corrected chi connectivity index (χ1v) is 7.71. The Balaban J connectivity index is 0.00000288. The van der Waals surface area contributed by atoms with Gasteiger partial charge in [-0.25, -0.2) is 13.9 Å². The van der Waals surface area contributed by atoms with Crippen LogP contribution in [0.15, 0.2) is 30.7 Å². The van der Waals surface area contributed by atoms with E-state index in [2.05, 4.69) is 0 Å². The molecule has 2 aromatic rings. The maximum atomic E-state index is 12.4. The van der Waals surface area contributed by atoms with Gasteiger partial charge in [0, 0.05) is 39.1 Å². The van der Waals surface area contributed by atoms with E-state index in [0.29, 0.717) is 18.7 Å². The number of carbonyl (C=O) groups excluding carboxylic acids is 2. The monoisotopic (exact) mass is 404 g/mol. The zero-order chi connectivity index (χ0) is 17.0. The van der Waals surface area contributed by atoms with Gasteiger partial charge in [0.1, 0.15) is 12.7 Å². The molecule has 0 saturated carbocycles. The summed E-state index contributed by atoms with van der Waals surface area (Å²) in [6.45, 7) is 6.37. The summed E-state index contributed by atoms with van der Waals surface area (Å²) in [7, 11) is 1.76. The molecule has 0 saturated heterocycles. The fourth-order valence-electron chi connectivity index (χ4n) is 2.64. The first-order chi connectivity index (χ1) is 10.9. The van der Waals surface area contributed by atoms with Gasteiger partial charge in [-0.2, -0.15) is 0 Å². The Bertz CT molecular complexity index is 718. The smallest absolute Gasteiger partial charge is 0.382 e. The standard InChI is InChI=1S/C18H23N2O3.Y/c1-5-23-18(22)17-11-20(12-19(17)4)10-15(21)9-16-13(2)7-6-8-14(16)3;/h6-8,11-12H,5,9-10H2,1-4H3;/q+1;. The van der Waals surface area contributed by atoms with E-state index in [1.165, 1.54) is 0 Å². The molecule has 0 amide bonds. The predicted octanol–water partition coefficient (Wildman–Crippen LogP) is 1.92. The van der Waals surface area contributed by atoms with Crippen molar-refractivity contribution in [2.24, 2.45) is 7.05 Å². The Kier molecular flexibility index (Phi) is 7.97. The van der Waals surface area contributed by atoms with Gasteiger partial charge < -0.3 is 4.74 Å². The van der Waals surface area contributed by atoms with Crippen molar-refractivity contribution in [1.82, 2.24) is 4.57 Å². The van der Waals surface area contributed by atoms with E-state index < -0.39 is 0 Å². The number of imidazole rings is 1. The number of ketones is 1. The van der Waals surface area contributed by atoms with Gasteiger partial charge in [0.25, 0.3) is 5.69 Å². The molecule has 1 heterocycles. The van der Waals surface area contributed by atoms with Crippen LogP contribution in [0.3, 0.4) is 0 Å². The number of esters is 1. The van der Waals surface area contributed by atoms with Crippen LogP contribution in [0.1, 0.15) is 34.1 Å². The quantitative estimate of drug-likeness (QED) is 0.546. The maximum absolute atomic E-state index is 12.4. The molecule has 5 nitrogen and oxygen atoms in total. The van der Waals surface area contributed by atoms with Gasteiger partial charge in [0.2, 0.25) is 6.33 Å². The molecule has 0 atom stereocenters. The molecule has 6 heteroatoms. The van der Waals surface area contributed by atoms with Gasteiger partial charge in [-0.1, -0.05) is 18.2 Å². The number of aryl methyl sites for hydroxylation is 3. The van der Waals surface area contributed by atoms with Crippen LogP contribution >= 0.6 is 0 Å². The summed E-state index contributed by atoms with van der Waals surface area (Å²) < 4.78 is 8.39. The summed E-state index contributed by atoms with van der Waals surface area (Å²) >= 11 is 0. The number of ether oxygens (including phenoxy) is 1. The zero-order valence-corrected chi connectivity index (χ0v) is 17.5. The topological polar surface area (TPSA) is 52.2 Å². The van der Waals surface area contributed by atoms with Gasteiger partial charge in [0.05, 0.1) is 13.7 Å². The van der Waals surface area contributed by atoms with Crippen molar-refractivity contribution in [3.8, 4) is 0 Å². The minimum absolute atomic E-state index is 0. The Morgan fingerprint density at radius 3 is 2.42 bits per heavy atom. The molecule has 1 aromatic heterocycles. The number of benzene rings is 1. The fraction of sp³-hybridized carbons (Fsp3) is 0.389. The van der Waals surface area contributed by atoms with E-state index in [-0.39, 0.29) is 51.0 Å². The fourth-order valence-corrected chi connectivity index (χ4v) is 2.64. The minimum Gasteiger partial charge on any atom is -0.460 e. The van der Waals surface area contributed by atoms with Crippen molar-refractivity contribution in [3.63, 3.8) is 0 Å². The van der Waals surface area contributed by atoms with E-state index in [1.807, 2.05) is 32.0 Å². The summed E-state index contributed by atoms with van der Waals surface area (Å²) in [5, 5.41) is 0. The van der Waals surface area contributed by atoms with Crippen molar-refractivity contribution >= 4 is 11.8 Å². The Morgan fingerprint density at radius 1 is 1.21 bits per heavy atom. The van der Waals surface area contributed by atoms with Crippen LogP contribution in [0.4, 0.5) is 0 Å². The molecule has 2 rings (SSSR count). The molecule has 1 aromatic carbocycles. The first kappa shape index (κ1) is 20.7. The number of Topliss-reactive ketones (excluding diaryl/α,β-unsaturated/α-hetero) is 1. The molecule has 24 heavy (non-hydrogen) atoms. The largest absolute Gasteiger partial charge is 0.460 e. The molecule has 1 radical (unpaired) electrons. The Labute approximate surface area is 167 Å². The predicted molar refractivity (Wildman–Crippen MR) is 86.2 cm³/mol. The van der Waals surface area contributed by atoms with E-state index in [1.54, 1.807) is 35.6 Å². The SMILES string of the molecule is CCOC(=O)c1c[n+](CC(=O)Cc2c(C)cccc2C)cn1C.[Y]. The van der Waals surface area contributed by atoms with E-state index in [4.69, 9.17) is 4.74 Å². The molecule has 0 aliphatic heterocycles. The molecule has 0 aliphatic carbocycles. The molecule has 0 aliphatic rings. The van der Waals surface area contributed by atoms with Crippen LogP contribution in [-0.2, 0) is 62.3 Å². The van der Waals surface area contributed by atoms with Crippen LogP contribution in [0.25, 0.3) is 0 Å². The number of rotatable bonds is 6. The second kappa shape index (κ2) is 9.23. The van der Waals surface area contributed by atoms with Gasteiger partial charge in [0.15, 0.2) is 5.78 Å². The third-order valence-electron chi connectivity index (χ3n) is 3.85. The second-order valence-electron chi connectivity index (χ2n) is 5.72. The van der Waals surface area contributed by atoms with Crippen LogP contribution in [0, 0.1) is 13.8 Å². The second-order valence-corrected chi connectivity index (χ2v) is 5.72. The molecular formula is C18H23N2O3Y+. The van der Waals surface area contributed by atoms with Crippen LogP contribution in [0.2, 0.25) is 0 Å². The van der Waals surface area contributed by atoms with Crippen molar-refractivity contribution in [3.05, 3.63) is 53.1 Å². The summed E-state index contributed by atoms with van der Waals surface area (Å²) in [6.07, 6.45) is 3.78. The zero-order valence-electron chi connectivity index (χ0n) is 14.7. The average molecular weight is 404 g/mol. The summed E-state index contributed by atoms with van der Waals surface area (Å²) in [4.78, 5) is 24.2. The van der Waals surface area contributed by atoms with Gasteiger partial charge >= 0.3 is 5.97 Å². The molecule has 0 bridgehead atoms. The number of hydrogen-bond donors (Lipinski definition) is 0. The van der Waals surface area contributed by atoms with Crippen LogP contribution in [-0.4, -0.2) is 22.9 Å². The summed E-state index contributed by atoms with van der Waals surface area (Å²) in [5.41, 5.74) is 3.78. The third-order valence-corrected chi connectivity index (χ3v) is 3.85. The minimum atomic E-state index is -0.379. The number of carbonyl (C=O) groups is 2. The third kappa shape index (κ3) is 5.08. The first-order valence-electron chi connectivity index (χ1n) is 7.71. The Morgan fingerprint density at radius 2 is 1.83 bits per heavy atom. The van der Waals surface area contributed by atoms with E-state index in [0.717, 1.165) is 16.7 Å². The van der Waals surface area contributed by atoms with Crippen molar-refractivity contribution in [2.45, 2.75) is 33.7 Å². The van der Waals surface area contributed by atoms with Crippen molar-refractivity contribution < 1.29 is 51.6 Å². The van der Waals surface area contributed by atoms with Gasteiger partial charge in [-0.3, -0.25) is 4.79 Å². The number of hydrogen-bond acceptors (Lipinski definition) is 3. The van der Waals surface area contributed by atoms with Crippen LogP contribution < -0.4 is 4.57 Å². The maximum Gasteiger partial charge on any atom is 0.382 e. The van der Waals surface area contributed by atoms with Crippen molar-refractivity contribution in [2.75, 3.05) is 6.61 Å². The molecular weight excluding hydrogens is 381 g/mol. The van der Waals surface area contributed by atoms with E-state index in [9.17, 15) is 9.59 Å². The number of aromatic nitrogens is 2. The van der Waals surface area contributed by atoms with Crippen molar-refractivity contribution in [1.29, 1.82) is 0 Å². The molecule has 0 fully saturated rings. The molecule has 0 N–H and O–H groups in total. The summed E-state index contributed by atoms with van der Waals surface area (Å²) in [5.74, 6) is -0.274. The average Bonchev–Trinajstić information content (AvgIpc) is 2.84. The molecule has 0 spiro atoms. The van der Waals surface area contributed by atoms with Gasteiger partial charge in [-0.15, -0.1) is 0 Å². The Hall–Kier alpha value is -1.33. The number of nitrogens with zero attached hydrogens (tertiary/aromatic N) is 2. The summed E-state index contributed by atoms with van der Waals surface area (Å²) in [6, 6.07) is 6.03. The van der Waals surface area contributed by atoms with E-state index >= 15 is 0 Å². The van der Waals surface area contributed by atoms with Gasteiger partial charge in [-0.05, 0) is 37.5 Å². The normalized spacial score (nSPS) is 10.2. The molecule has 0 unspecified atom stereocenters. The molecule has 125 valence electrons. The van der Waals surface area contributed by atoms with Crippen LogP contribution in [0.5, 0.6) is 0 Å².